The van der Waals surface area contributed by atoms with Gasteiger partial charge in [-0.05, 0) is 43.4 Å². The van der Waals surface area contributed by atoms with Crippen LogP contribution in [-0.2, 0) is 12.0 Å². The molecule has 0 aromatic carbocycles. The molecule has 3 unspecified atom stereocenters. The molecule has 0 amide bonds. The lowest BCUT2D eigenvalue weighted by molar-refractivity contribution is 0.0995. The van der Waals surface area contributed by atoms with Gasteiger partial charge in [-0.1, -0.05) is 0 Å². The summed E-state index contributed by atoms with van der Waals surface area (Å²) in [6, 6.07) is 2.17. The first-order valence-corrected chi connectivity index (χ1v) is 6.43. The topological polar surface area (TPSA) is 28.4 Å². The Morgan fingerprint density at radius 3 is 3.44 bits per heavy atom. The smallest absolute Gasteiger partial charge is 0.127 e. The maximum absolute atomic E-state index is 5.82. The summed E-state index contributed by atoms with van der Waals surface area (Å²) in [5.41, 5.74) is 1.61. The van der Waals surface area contributed by atoms with Gasteiger partial charge < -0.3 is 14.6 Å². The number of nitrogens with zero attached hydrogens (tertiary/aromatic N) is 1. The van der Waals surface area contributed by atoms with E-state index in [9.17, 15) is 0 Å². The van der Waals surface area contributed by atoms with Crippen molar-refractivity contribution < 1.29 is 4.42 Å². The first-order chi connectivity index (χ1) is 7.88. The molecule has 3 heteroatoms. The molecule has 4 heterocycles. The average molecular weight is 218 g/mol. The van der Waals surface area contributed by atoms with Gasteiger partial charge in [0.05, 0.1) is 11.8 Å². The number of fused-ring (bicyclic) bond motifs is 5. The Balaban J connectivity index is 1.82. The summed E-state index contributed by atoms with van der Waals surface area (Å²) in [6.45, 7) is 4.88. The van der Waals surface area contributed by atoms with Crippen LogP contribution in [0.2, 0.25) is 0 Å². The fraction of sp³-hybridized carbons (Fsp3) is 0.692. The second-order valence-electron chi connectivity index (χ2n) is 5.46. The van der Waals surface area contributed by atoms with E-state index in [0.29, 0.717) is 0 Å². The lowest BCUT2D eigenvalue weighted by Crippen LogP contribution is -2.56. The number of hydrogen-bond donors (Lipinski definition) is 1. The van der Waals surface area contributed by atoms with Gasteiger partial charge in [-0.2, -0.15) is 0 Å². The van der Waals surface area contributed by atoms with E-state index in [1.54, 1.807) is 0 Å². The van der Waals surface area contributed by atoms with Crippen LogP contribution in [0, 0.1) is 5.92 Å². The average Bonchev–Trinajstić information content (AvgIpc) is 2.93. The van der Waals surface area contributed by atoms with Crippen LogP contribution in [0.1, 0.15) is 24.2 Å². The van der Waals surface area contributed by atoms with Gasteiger partial charge in [0.25, 0.3) is 0 Å². The Morgan fingerprint density at radius 2 is 2.44 bits per heavy atom. The number of nitrogens with one attached hydrogen (secondary N) is 1. The molecular formula is C13H18N2O. The maximum Gasteiger partial charge on any atom is 0.127 e. The third kappa shape index (κ3) is 1.05. The SMILES string of the molecule is c1cc2c(o1)C1(CCN3CCC1C3)NCC2. The van der Waals surface area contributed by atoms with Gasteiger partial charge in [-0.25, -0.2) is 0 Å². The standard InChI is InChI=1S/C13H18N2O/c1-5-14-13(12-10(1)3-8-16-12)4-7-15-6-2-11(13)9-15/h3,8,11,14H,1-2,4-7,9H2. The van der Waals surface area contributed by atoms with E-state index in [0.717, 1.165) is 18.9 Å². The summed E-state index contributed by atoms with van der Waals surface area (Å²) >= 11 is 0. The molecule has 2 saturated heterocycles. The molecule has 3 aliphatic rings. The molecule has 3 atom stereocenters. The highest BCUT2D eigenvalue weighted by molar-refractivity contribution is 5.30. The number of furan rings is 1. The molecule has 1 N–H and O–H groups in total. The highest BCUT2D eigenvalue weighted by Gasteiger charge is 2.50. The molecule has 4 rings (SSSR count). The lowest BCUT2D eigenvalue weighted by Gasteiger charge is -2.45. The molecular weight excluding hydrogens is 200 g/mol. The highest BCUT2D eigenvalue weighted by Crippen LogP contribution is 2.45. The number of rotatable bonds is 0. The van der Waals surface area contributed by atoms with E-state index in [1.165, 1.54) is 43.8 Å². The van der Waals surface area contributed by atoms with Crippen LogP contribution >= 0.6 is 0 Å². The molecule has 3 nitrogen and oxygen atoms in total. The molecule has 2 bridgehead atoms. The summed E-state index contributed by atoms with van der Waals surface area (Å²) in [7, 11) is 0. The summed E-state index contributed by atoms with van der Waals surface area (Å²) in [5.74, 6) is 2.01. The van der Waals surface area contributed by atoms with Crippen LogP contribution in [0.25, 0.3) is 0 Å². The monoisotopic (exact) mass is 218 g/mol. The quantitative estimate of drug-likeness (QED) is 0.712. The first-order valence-electron chi connectivity index (χ1n) is 6.43. The molecule has 1 spiro atoms. The zero-order valence-corrected chi connectivity index (χ0v) is 9.54. The summed E-state index contributed by atoms with van der Waals surface area (Å²) in [6.07, 6.45) is 5.55. The molecule has 0 radical (unpaired) electrons. The minimum absolute atomic E-state index is 0.171. The van der Waals surface area contributed by atoms with Crippen molar-refractivity contribution in [2.75, 3.05) is 26.2 Å². The second-order valence-corrected chi connectivity index (χ2v) is 5.46. The normalized spacial score (nSPS) is 41.2. The summed E-state index contributed by atoms with van der Waals surface area (Å²) in [4.78, 5) is 2.59. The third-order valence-electron chi connectivity index (χ3n) is 4.78. The van der Waals surface area contributed by atoms with Crippen molar-refractivity contribution in [1.29, 1.82) is 0 Å². The predicted molar refractivity (Wildman–Crippen MR) is 61.3 cm³/mol. The largest absolute Gasteiger partial charge is 0.467 e. The van der Waals surface area contributed by atoms with E-state index in [-0.39, 0.29) is 5.54 Å². The Hall–Kier alpha value is -0.800. The van der Waals surface area contributed by atoms with E-state index < -0.39 is 0 Å². The first kappa shape index (κ1) is 9.25. The van der Waals surface area contributed by atoms with Crippen molar-refractivity contribution in [1.82, 2.24) is 10.2 Å². The minimum atomic E-state index is 0.171. The predicted octanol–water partition coefficient (Wildman–Crippen LogP) is 1.35. The van der Waals surface area contributed by atoms with Crippen molar-refractivity contribution in [2.45, 2.75) is 24.8 Å². The molecule has 3 aliphatic heterocycles. The van der Waals surface area contributed by atoms with E-state index >= 15 is 0 Å². The van der Waals surface area contributed by atoms with Gasteiger partial charge in [-0.3, -0.25) is 0 Å². The molecule has 0 saturated carbocycles. The van der Waals surface area contributed by atoms with Crippen LogP contribution in [0.4, 0.5) is 0 Å². The van der Waals surface area contributed by atoms with Crippen molar-refractivity contribution in [3.63, 3.8) is 0 Å². The van der Waals surface area contributed by atoms with Crippen LogP contribution in [0.3, 0.4) is 0 Å². The Morgan fingerprint density at radius 1 is 1.44 bits per heavy atom. The van der Waals surface area contributed by atoms with Crippen molar-refractivity contribution >= 4 is 0 Å². The minimum Gasteiger partial charge on any atom is -0.467 e. The van der Waals surface area contributed by atoms with Crippen molar-refractivity contribution in [3.8, 4) is 0 Å². The van der Waals surface area contributed by atoms with Gasteiger partial charge >= 0.3 is 0 Å². The fourth-order valence-corrected chi connectivity index (χ4v) is 3.93. The van der Waals surface area contributed by atoms with E-state index in [4.69, 9.17) is 4.42 Å². The Bertz CT molecular complexity index is 414. The molecule has 0 aliphatic carbocycles. The van der Waals surface area contributed by atoms with Gasteiger partial charge in [-0.15, -0.1) is 0 Å². The van der Waals surface area contributed by atoms with Gasteiger partial charge in [0.2, 0.25) is 0 Å². The van der Waals surface area contributed by atoms with Crippen LogP contribution in [-0.4, -0.2) is 31.1 Å². The zero-order chi connectivity index (χ0) is 10.6. The Kier molecular flexibility index (Phi) is 1.80. The molecule has 86 valence electrons. The summed E-state index contributed by atoms with van der Waals surface area (Å²) < 4.78 is 5.82. The molecule has 16 heavy (non-hydrogen) atoms. The highest BCUT2D eigenvalue weighted by atomic mass is 16.3. The van der Waals surface area contributed by atoms with E-state index in [1.807, 2.05) is 6.26 Å². The third-order valence-corrected chi connectivity index (χ3v) is 4.78. The van der Waals surface area contributed by atoms with Crippen LogP contribution < -0.4 is 5.32 Å². The zero-order valence-electron chi connectivity index (χ0n) is 9.54. The summed E-state index contributed by atoms with van der Waals surface area (Å²) in [5, 5.41) is 3.78. The lowest BCUT2D eigenvalue weighted by atomic mass is 9.74. The van der Waals surface area contributed by atoms with Gasteiger partial charge in [0.1, 0.15) is 5.76 Å². The number of piperidine rings is 1. The van der Waals surface area contributed by atoms with Crippen LogP contribution in [0.15, 0.2) is 16.7 Å². The van der Waals surface area contributed by atoms with Crippen molar-refractivity contribution in [2.24, 2.45) is 5.92 Å². The van der Waals surface area contributed by atoms with Crippen LogP contribution in [0.5, 0.6) is 0 Å². The molecule has 2 fully saturated rings. The molecule has 1 aromatic rings. The Labute approximate surface area is 95.8 Å². The van der Waals surface area contributed by atoms with Gasteiger partial charge in [0.15, 0.2) is 0 Å². The van der Waals surface area contributed by atoms with Crippen molar-refractivity contribution in [3.05, 3.63) is 23.7 Å². The van der Waals surface area contributed by atoms with Gasteiger partial charge in [0, 0.05) is 19.6 Å². The number of hydrogen-bond acceptors (Lipinski definition) is 3. The second kappa shape index (κ2) is 3.11. The fourth-order valence-electron chi connectivity index (χ4n) is 3.93. The maximum atomic E-state index is 5.82. The molecule has 1 aromatic heterocycles. The van der Waals surface area contributed by atoms with E-state index in [2.05, 4.69) is 16.3 Å².